The van der Waals surface area contributed by atoms with Gasteiger partial charge in [-0.2, -0.15) is 0 Å². The van der Waals surface area contributed by atoms with Gasteiger partial charge in [-0.15, -0.1) is 0 Å². The number of carbonyl (C=O) groups excluding carboxylic acids is 2. The Labute approximate surface area is 152 Å². The van der Waals surface area contributed by atoms with Crippen LogP contribution in [0.4, 0.5) is 4.39 Å². The number of benzene rings is 1. The number of rotatable bonds is 7. The molecule has 138 valence electrons. The van der Waals surface area contributed by atoms with Crippen molar-refractivity contribution >= 4 is 22.7 Å². The third kappa shape index (κ3) is 4.36. The van der Waals surface area contributed by atoms with Crippen LogP contribution in [0.2, 0.25) is 0 Å². The highest BCUT2D eigenvalue weighted by atomic mass is 19.1. The van der Waals surface area contributed by atoms with Crippen LogP contribution in [0.1, 0.15) is 49.4 Å². The van der Waals surface area contributed by atoms with E-state index in [1.807, 2.05) is 25.1 Å². The molecule has 1 aromatic carbocycles. The topological polar surface area (TPSA) is 71.1 Å². The summed E-state index contributed by atoms with van der Waals surface area (Å²) in [5, 5.41) is 6.47. The lowest BCUT2D eigenvalue weighted by molar-refractivity contribution is -0.122. The number of halogens is 1. The van der Waals surface area contributed by atoms with Crippen molar-refractivity contribution in [2.75, 3.05) is 6.54 Å². The number of nitrogens with one attached hydrogen (secondary N) is 2. The van der Waals surface area contributed by atoms with E-state index in [0.717, 1.165) is 23.7 Å². The molecule has 1 aliphatic rings. The van der Waals surface area contributed by atoms with E-state index >= 15 is 0 Å². The second-order valence-electron chi connectivity index (χ2n) is 7.02. The van der Waals surface area contributed by atoms with Gasteiger partial charge in [0, 0.05) is 42.5 Å². The van der Waals surface area contributed by atoms with Gasteiger partial charge >= 0.3 is 0 Å². The minimum Gasteiger partial charge on any atom is -0.353 e. The number of hydrogen-bond acceptors (Lipinski definition) is 3. The number of aromatic nitrogens is 1. The van der Waals surface area contributed by atoms with E-state index in [1.165, 1.54) is 0 Å². The molecule has 1 heterocycles. The summed E-state index contributed by atoms with van der Waals surface area (Å²) < 4.78 is 14.5. The molecule has 2 amide bonds. The molecule has 1 aliphatic carbocycles. The van der Waals surface area contributed by atoms with Crippen molar-refractivity contribution in [3.8, 4) is 0 Å². The summed E-state index contributed by atoms with van der Waals surface area (Å²) in [6.45, 7) is 2.02. The zero-order valence-corrected chi connectivity index (χ0v) is 14.9. The third-order valence-corrected chi connectivity index (χ3v) is 4.79. The maximum atomic E-state index is 14.5. The lowest BCUT2D eigenvalue weighted by Crippen LogP contribution is -2.57. The lowest BCUT2D eigenvalue weighted by Gasteiger charge is -2.41. The molecule has 0 saturated heterocycles. The summed E-state index contributed by atoms with van der Waals surface area (Å²) >= 11 is 0. The van der Waals surface area contributed by atoms with Gasteiger partial charge in [-0.05, 0) is 24.6 Å². The molecule has 2 N–H and O–H groups in total. The maximum absolute atomic E-state index is 14.5. The fourth-order valence-corrected chi connectivity index (χ4v) is 3.23. The highest BCUT2D eigenvalue weighted by Crippen LogP contribution is 2.36. The van der Waals surface area contributed by atoms with Crippen LogP contribution < -0.4 is 10.6 Å². The normalized spacial score (nSPS) is 21.8. The van der Waals surface area contributed by atoms with Gasteiger partial charge in [-0.1, -0.05) is 25.5 Å². The molecule has 0 spiro atoms. The Hall–Kier alpha value is -2.50. The van der Waals surface area contributed by atoms with Crippen LogP contribution in [0.15, 0.2) is 36.5 Å². The highest BCUT2D eigenvalue weighted by Gasteiger charge is 2.45. The van der Waals surface area contributed by atoms with Crippen LogP contribution in [0, 0.1) is 0 Å². The van der Waals surface area contributed by atoms with E-state index in [4.69, 9.17) is 0 Å². The number of unbranched alkanes of at least 4 members (excludes halogenated alkanes) is 1. The molecule has 2 aromatic rings. The quantitative estimate of drug-likeness (QED) is 0.800. The van der Waals surface area contributed by atoms with Crippen LogP contribution in [0.25, 0.3) is 10.9 Å². The zero-order valence-electron chi connectivity index (χ0n) is 14.9. The van der Waals surface area contributed by atoms with Gasteiger partial charge in [0.15, 0.2) is 0 Å². The van der Waals surface area contributed by atoms with E-state index in [1.54, 1.807) is 18.3 Å². The first-order valence-electron chi connectivity index (χ1n) is 9.10. The molecule has 0 aliphatic heterocycles. The van der Waals surface area contributed by atoms with Crippen molar-refractivity contribution in [3.05, 3.63) is 42.1 Å². The number of carbonyl (C=O) groups is 2. The summed E-state index contributed by atoms with van der Waals surface area (Å²) in [6, 6.07) is 8.90. The predicted molar refractivity (Wildman–Crippen MR) is 98.6 cm³/mol. The van der Waals surface area contributed by atoms with Gasteiger partial charge < -0.3 is 10.6 Å². The molecule has 6 heteroatoms. The average molecular weight is 357 g/mol. The standard InChI is InChI=1S/C20H24FN3O2/c1-2-3-6-18(25)23-13-20(21)11-16(12-20)24-19(26)15-8-7-14-5-4-9-22-17(14)10-15/h4-5,7-10,16H,2-3,6,11-13H2,1H3,(H,23,25)(H,24,26). The molecular weight excluding hydrogens is 333 g/mol. The van der Waals surface area contributed by atoms with Crippen LogP contribution in [0.3, 0.4) is 0 Å². The Morgan fingerprint density at radius 1 is 1.31 bits per heavy atom. The van der Waals surface area contributed by atoms with Crippen molar-refractivity contribution in [3.63, 3.8) is 0 Å². The summed E-state index contributed by atoms with van der Waals surface area (Å²) in [5.41, 5.74) is -0.158. The molecule has 26 heavy (non-hydrogen) atoms. The fourth-order valence-electron chi connectivity index (χ4n) is 3.23. The van der Waals surface area contributed by atoms with Crippen LogP contribution in [-0.4, -0.2) is 35.1 Å². The Morgan fingerprint density at radius 3 is 2.88 bits per heavy atom. The van der Waals surface area contributed by atoms with Crippen molar-refractivity contribution < 1.29 is 14.0 Å². The minimum absolute atomic E-state index is 0.0157. The predicted octanol–water partition coefficient (Wildman–Crippen LogP) is 3.14. The van der Waals surface area contributed by atoms with Crippen LogP contribution >= 0.6 is 0 Å². The number of nitrogens with zero attached hydrogens (tertiary/aromatic N) is 1. The molecule has 0 radical (unpaired) electrons. The number of amides is 2. The van der Waals surface area contributed by atoms with E-state index in [2.05, 4.69) is 15.6 Å². The van der Waals surface area contributed by atoms with Crippen LogP contribution in [-0.2, 0) is 4.79 Å². The first-order valence-corrected chi connectivity index (χ1v) is 9.10. The Kier molecular flexibility index (Phi) is 5.49. The number of hydrogen-bond donors (Lipinski definition) is 2. The smallest absolute Gasteiger partial charge is 0.251 e. The van der Waals surface area contributed by atoms with Crippen molar-refractivity contribution in [1.82, 2.24) is 15.6 Å². The SMILES string of the molecule is CCCCC(=O)NCC1(F)CC(NC(=O)c2ccc3cccnc3c2)C1. The molecule has 5 nitrogen and oxygen atoms in total. The zero-order chi connectivity index (χ0) is 18.6. The Balaban J connectivity index is 1.48. The van der Waals surface area contributed by atoms with Crippen molar-refractivity contribution in [2.24, 2.45) is 0 Å². The lowest BCUT2D eigenvalue weighted by atomic mass is 9.77. The molecule has 0 bridgehead atoms. The second kappa shape index (κ2) is 7.81. The summed E-state index contributed by atoms with van der Waals surface area (Å²) in [6.07, 6.45) is 4.30. The molecular formula is C20H24FN3O2. The van der Waals surface area contributed by atoms with Gasteiger partial charge in [0.05, 0.1) is 12.1 Å². The van der Waals surface area contributed by atoms with E-state index in [0.29, 0.717) is 12.0 Å². The van der Waals surface area contributed by atoms with Gasteiger partial charge in [0.1, 0.15) is 5.67 Å². The number of fused-ring (bicyclic) bond motifs is 1. The first-order chi connectivity index (χ1) is 12.5. The maximum Gasteiger partial charge on any atom is 0.251 e. The number of alkyl halides is 1. The average Bonchev–Trinajstić information content (AvgIpc) is 2.63. The van der Waals surface area contributed by atoms with Gasteiger partial charge in [-0.25, -0.2) is 4.39 Å². The fraction of sp³-hybridized carbons (Fsp3) is 0.450. The van der Waals surface area contributed by atoms with E-state index in [-0.39, 0.29) is 37.2 Å². The Morgan fingerprint density at radius 2 is 2.12 bits per heavy atom. The Bertz CT molecular complexity index is 802. The van der Waals surface area contributed by atoms with Crippen LogP contribution in [0.5, 0.6) is 0 Å². The minimum atomic E-state index is -1.43. The first kappa shape index (κ1) is 18.3. The molecule has 3 rings (SSSR count). The second-order valence-corrected chi connectivity index (χ2v) is 7.02. The van der Waals surface area contributed by atoms with E-state index in [9.17, 15) is 14.0 Å². The summed E-state index contributed by atoms with van der Waals surface area (Å²) in [4.78, 5) is 28.2. The summed E-state index contributed by atoms with van der Waals surface area (Å²) in [5.74, 6) is -0.336. The number of pyridine rings is 1. The van der Waals surface area contributed by atoms with Gasteiger partial charge in [-0.3, -0.25) is 14.6 Å². The van der Waals surface area contributed by atoms with Gasteiger partial charge in [0.25, 0.3) is 5.91 Å². The highest BCUT2D eigenvalue weighted by molar-refractivity contribution is 5.97. The molecule has 1 aromatic heterocycles. The van der Waals surface area contributed by atoms with E-state index < -0.39 is 5.67 Å². The third-order valence-electron chi connectivity index (χ3n) is 4.79. The molecule has 0 unspecified atom stereocenters. The molecule has 0 atom stereocenters. The van der Waals surface area contributed by atoms with Gasteiger partial charge in [0.2, 0.25) is 5.91 Å². The van der Waals surface area contributed by atoms with Crippen molar-refractivity contribution in [1.29, 1.82) is 0 Å². The molecule has 1 fully saturated rings. The molecule has 1 saturated carbocycles. The monoisotopic (exact) mass is 357 g/mol. The van der Waals surface area contributed by atoms with Crippen molar-refractivity contribution in [2.45, 2.75) is 50.7 Å². The largest absolute Gasteiger partial charge is 0.353 e. The summed E-state index contributed by atoms with van der Waals surface area (Å²) in [7, 11) is 0.